The van der Waals surface area contributed by atoms with E-state index in [4.69, 9.17) is 22.1 Å². The summed E-state index contributed by atoms with van der Waals surface area (Å²) in [6, 6.07) is -0.491. The van der Waals surface area contributed by atoms with E-state index in [1.54, 1.807) is 11.8 Å². The van der Waals surface area contributed by atoms with Crippen LogP contribution in [-0.4, -0.2) is 35.3 Å². The number of nitrogens with two attached hydrogens (primary N) is 1. The van der Waals surface area contributed by atoms with E-state index in [1.165, 1.54) is 6.20 Å². The summed E-state index contributed by atoms with van der Waals surface area (Å²) >= 11 is 6.00. The molecule has 1 unspecified atom stereocenters. The van der Waals surface area contributed by atoms with Crippen molar-refractivity contribution in [2.45, 2.75) is 38.8 Å². The highest BCUT2D eigenvalue weighted by atomic mass is 35.5. The maximum Gasteiger partial charge on any atom is 0.199 e. The average molecular weight is 274 g/mol. The van der Waals surface area contributed by atoms with Crippen LogP contribution >= 0.6 is 11.6 Å². The molecule has 1 heterocycles. The standard InChI is InChI=1S/C12H20ClN3O2/c1-8(2)16-11(9(13)7-15-16)12(17)10(14)5-4-6-18-3/h7-8,10H,4-6,14H2,1-3H3. The highest BCUT2D eigenvalue weighted by Crippen LogP contribution is 2.21. The lowest BCUT2D eigenvalue weighted by Crippen LogP contribution is -2.33. The van der Waals surface area contributed by atoms with Gasteiger partial charge in [-0.3, -0.25) is 9.48 Å². The van der Waals surface area contributed by atoms with E-state index in [9.17, 15) is 4.79 Å². The fraction of sp³-hybridized carbons (Fsp3) is 0.667. The third kappa shape index (κ3) is 3.54. The molecule has 1 aromatic heterocycles. The normalized spacial score (nSPS) is 13.0. The Morgan fingerprint density at radius 3 is 2.83 bits per heavy atom. The van der Waals surface area contributed by atoms with Gasteiger partial charge in [0.25, 0.3) is 0 Å². The van der Waals surface area contributed by atoms with Gasteiger partial charge in [0.2, 0.25) is 0 Å². The van der Waals surface area contributed by atoms with Crippen LogP contribution in [0, 0.1) is 0 Å². The monoisotopic (exact) mass is 273 g/mol. The minimum Gasteiger partial charge on any atom is -0.385 e. The number of aromatic nitrogens is 2. The van der Waals surface area contributed by atoms with E-state index in [0.717, 1.165) is 6.42 Å². The van der Waals surface area contributed by atoms with E-state index in [2.05, 4.69) is 5.10 Å². The first kappa shape index (κ1) is 15.1. The van der Waals surface area contributed by atoms with Crippen molar-refractivity contribution in [3.63, 3.8) is 0 Å². The number of ether oxygens (including phenoxy) is 1. The summed E-state index contributed by atoms with van der Waals surface area (Å²) in [6.07, 6.45) is 2.81. The molecule has 102 valence electrons. The zero-order valence-electron chi connectivity index (χ0n) is 11.0. The van der Waals surface area contributed by atoms with Gasteiger partial charge in [-0.1, -0.05) is 11.6 Å². The molecule has 0 radical (unpaired) electrons. The lowest BCUT2D eigenvalue weighted by Gasteiger charge is -2.14. The molecule has 6 heteroatoms. The molecule has 0 saturated carbocycles. The fourth-order valence-electron chi connectivity index (χ4n) is 1.72. The molecule has 0 fully saturated rings. The fourth-order valence-corrected chi connectivity index (χ4v) is 1.94. The number of methoxy groups -OCH3 is 1. The van der Waals surface area contributed by atoms with Crippen molar-refractivity contribution in [3.8, 4) is 0 Å². The van der Waals surface area contributed by atoms with Crippen LogP contribution in [0.5, 0.6) is 0 Å². The number of ketones is 1. The van der Waals surface area contributed by atoms with Gasteiger partial charge in [-0.15, -0.1) is 0 Å². The van der Waals surface area contributed by atoms with Crippen LogP contribution < -0.4 is 5.73 Å². The quantitative estimate of drug-likeness (QED) is 0.610. The minimum absolute atomic E-state index is 0.0719. The number of rotatable bonds is 7. The number of carbonyl (C=O) groups is 1. The van der Waals surface area contributed by atoms with Crippen molar-refractivity contribution in [2.75, 3.05) is 13.7 Å². The van der Waals surface area contributed by atoms with Crippen molar-refractivity contribution < 1.29 is 9.53 Å². The highest BCUT2D eigenvalue weighted by Gasteiger charge is 2.24. The molecule has 0 aliphatic rings. The predicted octanol–water partition coefficient (Wildman–Crippen LogP) is 2.05. The molecule has 0 saturated heterocycles. The highest BCUT2D eigenvalue weighted by molar-refractivity contribution is 6.33. The van der Waals surface area contributed by atoms with E-state index in [0.29, 0.717) is 23.7 Å². The summed E-state index contributed by atoms with van der Waals surface area (Å²) in [4.78, 5) is 12.2. The Labute approximate surface area is 112 Å². The molecule has 5 nitrogen and oxygen atoms in total. The topological polar surface area (TPSA) is 70.1 Å². The molecule has 0 aromatic carbocycles. The summed E-state index contributed by atoms with van der Waals surface area (Å²) in [6.45, 7) is 4.48. The zero-order chi connectivity index (χ0) is 13.7. The van der Waals surface area contributed by atoms with Gasteiger partial charge in [0, 0.05) is 19.8 Å². The van der Waals surface area contributed by atoms with Crippen LogP contribution in [0.25, 0.3) is 0 Å². The first-order chi connectivity index (χ1) is 8.49. The second-order valence-electron chi connectivity index (χ2n) is 4.49. The van der Waals surface area contributed by atoms with Crippen molar-refractivity contribution >= 4 is 17.4 Å². The maximum atomic E-state index is 12.2. The van der Waals surface area contributed by atoms with Gasteiger partial charge in [0.15, 0.2) is 5.78 Å². The van der Waals surface area contributed by atoms with Crippen molar-refractivity contribution in [2.24, 2.45) is 5.73 Å². The molecule has 0 aliphatic carbocycles. The minimum atomic E-state index is -0.563. The van der Waals surface area contributed by atoms with Crippen LogP contribution in [0.4, 0.5) is 0 Å². The third-order valence-electron chi connectivity index (χ3n) is 2.67. The van der Waals surface area contributed by atoms with Crippen molar-refractivity contribution in [1.29, 1.82) is 0 Å². The average Bonchev–Trinajstić information content (AvgIpc) is 2.70. The maximum absolute atomic E-state index is 12.2. The Morgan fingerprint density at radius 2 is 2.28 bits per heavy atom. The summed E-state index contributed by atoms with van der Waals surface area (Å²) in [5, 5.41) is 4.46. The number of halogens is 1. The Kier molecular flexibility index (Phi) is 5.78. The Morgan fingerprint density at radius 1 is 1.61 bits per heavy atom. The molecule has 1 rings (SSSR count). The predicted molar refractivity (Wildman–Crippen MR) is 71.0 cm³/mol. The van der Waals surface area contributed by atoms with Crippen LogP contribution in [0.1, 0.15) is 43.2 Å². The second kappa shape index (κ2) is 6.87. The molecule has 0 spiro atoms. The Balaban J connectivity index is 2.79. The van der Waals surface area contributed by atoms with Crippen LogP contribution in [0.2, 0.25) is 5.02 Å². The Bertz CT molecular complexity index is 404. The third-order valence-corrected chi connectivity index (χ3v) is 2.95. The van der Waals surface area contributed by atoms with Crippen LogP contribution in [-0.2, 0) is 4.74 Å². The molecular weight excluding hydrogens is 254 g/mol. The largest absolute Gasteiger partial charge is 0.385 e. The van der Waals surface area contributed by atoms with Gasteiger partial charge in [-0.05, 0) is 26.7 Å². The smallest absolute Gasteiger partial charge is 0.199 e. The number of nitrogens with zero attached hydrogens (tertiary/aromatic N) is 2. The Hall–Kier alpha value is -0.910. The molecule has 2 N–H and O–H groups in total. The van der Waals surface area contributed by atoms with E-state index >= 15 is 0 Å². The number of Topliss-reactive ketones (excluding diaryl/α,β-unsaturated/α-hetero) is 1. The first-order valence-corrected chi connectivity index (χ1v) is 6.38. The molecule has 0 aliphatic heterocycles. The molecule has 18 heavy (non-hydrogen) atoms. The summed E-state index contributed by atoms with van der Waals surface area (Å²) in [5.74, 6) is -0.165. The molecule has 0 amide bonds. The second-order valence-corrected chi connectivity index (χ2v) is 4.89. The van der Waals surface area contributed by atoms with Gasteiger partial charge in [-0.2, -0.15) is 5.10 Å². The summed E-state index contributed by atoms with van der Waals surface area (Å²) in [7, 11) is 1.62. The van der Waals surface area contributed by atoms with E-state index in [1.807, 2.05) is 13.8 Å². The molecule has 1 atom stereocenters. The number of hydrogen-bond acceptors (Lipinski definition) is 4. The SMILES string of the molecule is COCCCC(N)C(=O)c1c(Cl)cnn1C(C)C. The lowest BCUT2D eigenvalue weighted by molar-refractivity contribution is 0.0938. The summed E-state index contributed by atoms with van der Waals surface area (Å²) in [5.41, 5.74) is 6.28. The van der Waals surface area contributed by atoms with Crippen molar-refractivity contribution in [3.05, 3.63) is 16.9 Å². The molecular formula is C12H20ClN3O2. The van der Waals surface area contributed by atoms with E-state index in [-0.39, 0.29) is 11.8 Å². The van der Waals surface area contributed by atoms with Gasteiger partial charge in [0.05, 0.1) is 17.3 Å². The van der Waals surface area contributed by atoms with Gasteiger partial charge >= 0.3 is 0 Å². The zero-order valence-corrected chi connectivity index (χ0v) is 11.8. The first-order valence-electron chi connectivity index (χ1n) is 6.00. The number of carbonyl (C=O) groups excluding carboxylic acids is 1. The van der Waals surface area contributed by atoms with Gasteiger partial charge in [0.1, 0.15) is 5.69 Å². The number of hydrogen-bond donors (Lipinski definition) is 1. The van der Waals surface area contributed by atoms with Crippen LogP contribution in [0.15, 0.2) is 6.20 Å². The van der Waals surface area contributed by atoms with E-state index < -0.39 is 6.04 Å². The molecule has 1 aromatic rings. The van der Waals surface area contributed by atoms with Gasteiger partial charge in [-0.25, -0.2) is 0 Å². The lowest BCUT2D eigenvalue weighted by atomic mass is 10.1. The van der Waals surface area contributed by atoms with Crippen LogP contribution in [0.3, 0.4) is 0 Å². The molecule has 0 bridgehead atoms. The van der Waals surface area contributed by atoms with Crippen molar-refractivity contribution in [1.82, 2.24) is 9.78 Å². The summed E-state index contributed by atoms with van der Waals surface area (Å²) < 4.78 is 6.55. The van der Waals surface area contributed by atoms with Gasteiger partial charge < -0.3 is 10.5 Å².